The van der Waals surface area contributed by atoms with Crippen LogP contribution in [0.4, 0.5) is 0 Å². The number of ketones is 1. The summed E-state index contributed by atoms with van der Waals surface area (Å²) in [5.41, 5.74) is 0.859. The summed E-state index contributed by atoms with van der Waals surface area (Å²) in [5, 5.41) is 0. The van der Waals surface area contributed by atoms with Crippen molar-refractivity contribution in [2.45, 2.75) is 12.8 Å². The standard InChI is InChI=1S/C13H17NO/c1-14-9-5-8-12(10-14)13(15)11-6-3-2-4-7-11/h2-4,6-7,12H,5,8-10H2,1H3/t12-/m1/s1. The van der Waals surface area contributed by atoms with Gasteiger partial charge in [0.1, 0.15) is 0 Å². The fourth-order valence-electron chi connectivity index (χ4n) is 2.22. The van der Waals surface area contributed by atoms with Crippen LogP contribution in [0.3, 0.4) is 0 Å². The van der Waals surface area contributed by atoms with Crippen molar-refractivity contribution in [1.82, 2.24) is 4.90 Å². The van der Waals surface area contributed by atoms with E-state index >= 15 is 0 Å². The smallest absolute Gasteiger partial charge is 0.167 e. The summed E-state index contributed by atoms with van der Waals surface area (Å²) in [6, 6.07) is 9.64. The van der Waals surface area contributed by atoms with E-state index in [0.29, 0.717) is 5.78 Å². The molecule has 2 rings (SSSR count). The lowest BCUT2D eigenvalue weighted by molar-refractivity contribution is 0.0843. The van der Waals surface area contributed by atoms with Gasteiger partial charge in [-0.25, -0.2) is 0 Å². The Morgan fingerprint density at radius 1 is 1.33 bits per heavy atom. The van der Waals surface area contributed by atoms with Crippen molar-refractivity contribution in [3.8, 4) is 0 Å². The minimum Gasteiger partial charge on any atom is -0.306 e. The van der Waals surface area contributed by atoms with Crippen LogP contribution in [0, 0.1) is 5.92 Å². The van der Waals surface area contributed by atoms with Crippen molar-refractivity contribution in [3.05, 3.63) is 35.9 Å². The first-order valence-electron chi connectivity index (χ1n) is 5.55. The Kier molecular flexibility index (Phi) is 3.17. The molecule has 0 radical (unpaired) electrons. The molecule has 80 valence electrons. The van der Waals surface area contributed by atoms with Gasteiger partial charge in [0.15, 0.2) is 5.78 Å². The van der Waals surface area contributed by atoms with Crippen LogP contribution < -0.4 is 0 Å². The highest BCUT2D eigenvalue weighted by atomic mass is 16.1. The molecule has 0 aliphatic carbocycles. The number of benzene rings is 1. The Balaban J connectivity index is 2.08. The molecule has 0 saturated carbocycles. The summed E-state index contributed by atoms with van der Waals surface area (Å²) in [6.45, 7) is 2.03. The van der Waals surface area contributed by atoms with Crippen molar-refractivity contribution in [2.24, 2.45) is 5.92 Å². The van der Waals surface area contributed by atoms with E-state index in [2.05, 4.69) is 11.9 Å². The minimum absolute atomic E-state index is 0.200. The Labute approximate surface area is 90.9 Å². The van der Waals surface area contributed by atoms with E-state index < -0.39 is 0 Å². The number of carbonyl (C=O) groups excluding carboxylic acids is 1. The second-order valence-electron chi connectivity index (χ2n) is 4.33. The molecule has 2 heteroatoms. The summed E-state index contributed by atoms with van der Waals surface area (Å²) in [4.78, 5) is 14.4. The van der Waals surface area contributed by atoms with Gasteiger partial charge in [0.05, 0.1) is 0 Å². The number of nitrogens with zero attached hydrogens (tertiary/aromatic N) is 1. The zero-order valence-corrected chi connectivity index (χ0v) is 9.15. The number of Topliss-reactive ketones (excluding diaryl/α,β-unsaturated/α-hetero) is 1. The lowest BCUT2D eigenvalue weighted by Gasteiger charge is -2.28. The molecule has 0 spiro atoms. The number of rotatable bonds is 2. The van der Waals surface area contributed by atoms with Crippen LogP contribution in [0.2, 0.25) is 0 Å². The SMILES string of the molecule is CN1CCC[C@@H](C(=O)c2ccccc2)C1. The molecule has 1 aromatic rings. The Bertz CT molecular complexity index is 334. The maximum atomic E-state index is 12.1. The highest BCUT2D eigenvalue weighted by Gasteiger charge is 2.24. The number of hydrogen-bond donors (Lipinski definition) is 0. The van der Waals surface area contributed by atoms with Gasteiger partial charge in [-0.05, 0) is 26.4 Å². The first-order chi connectivity index (χ1) is 7.27. The molecular formula is C13H17NO. The summed E-state index contributed by atoms with van der Waals surface area (Å²) < 4.78 is 0. The van der Waals surface area contributed by atoms with Gasteiger partial charge in [-0.1, -0.05) is 30.3 Å². The Morgan fingerprint density at radius 3 is 2.73 bits per heavy atom. The predicted octanol–water partition coefficient (Wildman–Crippen LogP) is 2.21. The lowest BCUT2D eigenvalue weighted by atomic mass is 9.90. The largest absolute Gasteiger partial charge is 0.306 e. The molecule has 15 heavy (non-hydrogen) atoms. The van der Waals surface area contributed by atoms with E-state index in [1.807, 2.05) is 30.3 Å². The molecule has 1 fully saturated rings. The highest BCUT2D eigenvalue weighted by Crippen LogP contribution is 2.19. The molecule has 0 aromatic heterocycles. The number of likely N-dealkylation sites (tertiary alicyclic amines) is 1. The lowest BCUT2D eigenvalue weighted by Crippen LogP contribution is -2.36. The van der Waals surface area contributed by atoms with Crippen LogP contribution in [0.1, 0.15) is 23.2 Å². The van der Waals surface area contributed by atoms with Gasteiger partial charge in [0.25, 0.3) is 0 Å². The third-order valence-electron chi connectivity index (χ3n) is 3.05. The average molecular weight is 203 g/mol. The van der Waals surface area contributed by atoms with Crippen LogP contribution in [-0.4, -0.2) is 30.8 Å². The van der Waals surface area contributed by atoms with Gasteiger partial charge in [-0.2, -0.15) is 0 Å². The minimum atomic E-state index is 0.200. The number of piperidine rings is 1. The molecule has 1 atom stereocenters. The second kappa shape index (κ2) is 4.58. The van der Waals surface area contributed by atoms with Crippen molar-refractivity contribution in [1.29, 1.82) is 0 Å². The number of carbonyl (C=O) groups is 1. The molecule has 2 nitrogen and oxygen atoms in total. The van der Waals surface area contributed by atoms with E-state index in [4.69, 9.17) is 0 Å². The zero-order chi connectivity index (χ0) is 10.7. The molecule has 0 unspecified atom stereocenters. The molecule has 1 saturated heterocycles. The van der Waals surface area contributed by atoms with Crippen LogP contribution >= 0.6 is 0 Å². The van der Waals surface area contributed by atoms with Crippen molar-refractivity contribution < 1.29 is 4.79 Å². The van der Waals surface area contributed by atoms with E-state index in [0.717, 1.165) is 31.5 Å². The summed E-state index contributed by atoms with van der Waals surface area (Å²) >= 11 is 0. The van der Waals surface area contributed by atoms with Gasteiger partial charge in [0, 0.05) is 18.0 Å². The van der Waals surface area contributed by atoms with E-state index in [9.17, 15) is 4.79 Å². The van der Waals surface area contributed by atoms with E-state index in [1.54, 1.807) is 0 Å². The molecule has 0 N–H and O–H groups in total. The van der Waals surface area contributed by atoms with Crippen LogP contribution in [0.15, 0.2) is 30.3 Å². The van der Waals surface area contributed by atoms with E-state index in [1.165, 1.54) is 0 Å². The normalized spacial score (nSPS) is 22.6. The monoisotopic (exact) mass is 203 g/mol. The second-order valence-corrected chi connectivity index (χ2v) is 4.33. The van der Waals surface area contributed by atoms with Crippen molar-refractivity contribution >= 4 is 5.78 Å². The maximum Gasteiger partial charge on any atom is 0.167 e. The molecule has 1 aliphatic heterocycles. The molecular weight excluding hydrogens is 186 g/mol. The van der Waals surface area contributed by atoms with Gasteiger partial charge in [-0.15, -0.1) is 0 Å². The summed E-state index contributed by atoms with van der Waals surface area (Å²) in [7, 11) is 2.09. The quantitative estimate of drug-likeness (QED) is 0.687. The van der Waals surface area contributed by atoms with Gasteiger partial charge < -0.3 is 4.90 Å². The van der Waals surface area contributed by atoms with Gasteiger partial charge >= 0.3 is 0 Å². The van der Waals surface area contributed by atoms with E-state index in [-0.39, 0.29) is 5.92 Å². The average Bonchev–Trinajstić information content (AvgIpc) is 2.29. The molecule has 0 amide bonds. The Hall–Kier alpha value is -1.15. The fourth-order valence-corrected chi connectivity index (χ4v) is 2.22. The maximum absolute atomic E-state index is 12.1. The van der Waals surface area contributed by atoms with Gasteiger partial charge in [0.2, 0.25) is 0 Å². The molecule has 1 aliphatic rings. The Morgan fingerprint density at radius 2 is 2.07 bits per heavy atom. The van der Waals surface area contributed by atoms with Gasteiger partial charge in [-0.3, -0.25) is 4.79 Å². The summed E-state index contributed by atoms with van der Waals surface area (Å²) in [5.74, 6) is 0.508. The first kappa shape index (κ1) is 10.4. The summed E-state index contributed by atoms with van der Waals surface area (Å²) in [6.07, 6.45) is 2.18. The molecule has 1 heterocycles. The van der Waals surface area contributed by atoms with Crippen molar-refractivity contribution in [2.75, 3.05) is 20.1 Å². The topological polar surface area (TPSA) is 20.3 Å². The third-order valence-corrected chi connectivity index (χ3v) is 3.05. The zero-order valence-electron chi connectivity index (χ0n) is 9.15. The van der Waals surface area contributed by atoms with Crippen LogP contribution in [0.5, 0.6) is 0 Å². The third kappa shape index (κ3) is 2.45. The van der Waals surface area contributed by atoms with Crippen LogP contribution in [0.25, 0.3) is 0 Å². The molecule has 0 bridgehead atoms. The van der Waals surface area contributed by atoms with Crippen molar-refractivity contribution in [3.63, 3.8) is 0 Å². The van der Waals surface area contributed by atoms with Crippen LogP contribution in [-0.2, 0) is 0 Å². The first-order valence-corrected chi connectivity index (χ1v) is 5.55. The highest BCUT2D eigenvalue weighted by molar-refractivity contribution is 5.98. The molecule has 1 aromatic carbocycles. The fraction of sp³-hybridized carbons (Fsp3) is 0.462. The predicted molar refractivity (Wildman–Crippen MR) is 61.0 cm³/mol. The number of hydrogen-bond acceptors (Lipinski definition) is 2.